The first-order valence-electron chi connectivity index (χ1n) is 6.49. The van der Waals surface area contributed by atoms with Crippen molar-refractivity contribution in [3.63, 3.8) is 0 Å². The Balaban J connectivity index is 1.77. The van der Waals surface area contributed by atoms with Crippen molar-refractivity contribution in [1.82, 2.24) is 15.1 Å². The molecule has 4 heteroatoms. The fourth-order valence-corrected chi connectivity index (χ4v) is 2.05. The summed E-state index contributed by atoms with van der Waals surface area (Å²) in [5.74, 6) is -0.0591. The molecule has 0 aliphatic rings. The van der Waals surface area contributed by atoms with E-state index in [0.717, 1.165) is 18.5 Å². The second kappa shape index (κ2) is 6.18. The fraction of sp³-hybridized carbons (Fsp3) is 0.333. The van der Waals surface area contributed by atoms with Gasteiger partial charge in [-0.05, 0) is 31.4 Å². The lowest BCUT2D eigenvalue weighted by atomic mass is 10.1. The van der Waals surface area contributed by atoms with Crippen LogP contribution >= 0.6 is 0 Å². The normalized spacial score (nSPS) is 10.4. The summed E-state index contributed by atoms with van der Waals surface area (Å²) in [5, 5.41) is 7.09. The lowest BCUT2D eigenvalue weighted by Gasteiger charge is -2.05. The van der Waals surface area contributed by atoms with Gasteiger partial charge in [0.15, 0.2) is 0 Å². The molecule has 0 saturated carbocycles. The molecule has 1 aromatic carbocycles. The van der Waals surface area contributed by atoms with Crippen molar-refractivity contribution < 1.29 is 4.79 Å². The molecule has 0 aliphatic heterocycles. The minimum absolute atomic E-state index is 0.0591. The van der Waals surface area contributed by atoms with Crippen LogP contribution in [0.2, 0.25) is 0 Å². The van der Waals surface area contributed by atoms with E-state index >= 15 is 0 Å². The SMILES string of the molecule is Cc1cc(C(=O)NCCCc2ccccc2)n(C)n1. The van der Waals surface area contributed by atoms with Crippen LogP contribution in [0, 0.1) is 6.92 Å². The summed E-state index contributed by atoms with van der Waals surface area (Å²) in [6.07, 6.45) is 1.91. The zero-order chi connectivity index (χ0) is 13.7. The number of amides is 1. The number of benzene rings is 1. The molecule has 0 spiro atoms. The van der Waals surface area contributed by atoms with E-state index in [1.54, 1.807) is 17.8 Å². The predicted molar refractivity (Wildman–Crippen MR) is 75.0 cm³/mol. The van der Waals surface area contributed by atoms with Crippen LogP contribution in [0.3, 0.4) is 0 Å². The molecule has 1 heterocycles. The Hall–Kier alpha value is -2.10. The van der Waals surface area contributed by atoms with E-state index in [2.05, 4.69) is 22.5 Å². The molecule has 0 saturated heterocycles. The van der Waals surface area contributed by atoms with Gasteiger partial charge in [0, 0.05) is 13.6 Å². The van der Waals surface area contributed by atoms with E-state index in [-0.39, 0.29) is 5.91 Å². The second-order valence-corrected chi connectivity index (χ2v) is 4.64. The molecule has 0 fully saturated rings. The van der Waals surface area contributed by atoms with Gasteiger partial charge < -0.3 is 5.32 Å². The van der Waals surface area contributed by atoms with Crippen LogP contribution in [0.4, 0.5) is 0 Å². The molecule has 19 heavy (non-hydrogen) atoms. The van der Waals surface area contributed by atoms with Gasteiger partial charge in [0.1, 0.15) is 5.69 Å². The number of nitrogens with zero attached hydrogens (tertiary/aromatic N) is 2. The summed E-state index contributed by atoms with van der Waals surface area (Å²) in [6, 6.07) is 12.1. The molecule has 4 nitrogen and oxygen atoms in total. The predicted octanol–water partition coefficient (Wildman–Crippen LogP) is 2.09. The Morgan fingerprint density at radius 1 is 1.32 bits per heavy atom. The van der Waals surface area contributed by atoms with E-state index in [9.17, 15) is 4.79 Å². The van der Waals surface area contributed by atoms with Crippen LogP contribution in [0.1, 0.15) is 28.2 Å². The average molecular weight is 257 g/mol. The van der Waals surface area contributed by atoms with Crippen molar-refractivity contribution in [2.45, 2.75) is 19.8 Å². The van der Waals surface area contributed by atoms with E-state index < -0.39 is 0 Å². The van der Waals surface area contributed by atoms with Crippen LogP contribution in [0.5, 0.6) is 0 Å². The van der Waals surface area contributed by atoms with Crippen LogP contribution in [-0.4, -0.2) is 22.2 Å². The van der Waals surface area contributed by atoms with E-state index in [4.69, 9.17) is 0 Å². The van der Waals surface area contributed by atoms with Crippen molar-refractivity contribution in [2.75, 3.05) is 6.54 Å². The fourth-order valence-electron chi connectivity index (χ4n) is 2.05. The second-order valence-electron chi connectivity index (χ2n) is 4.64. The highest BCUT2D eigenvalue weighted by molar-refractivity contribution is 5.92. The number of hydrogen-bond donors (Lipinski definition) is 1. The Kier molecular flexibility index (Phi) is 4.34. The monoisotopic (exact) mass is 257 g/mol. The summed E-state index contributed by atoms with van der Waals surface area (Å²) >= 11 is 0. The van der Waals surface area contributed by atoms with Gasteiger partial charge in [0.25, 0.3) is 5.91 Å². The molecular formula is C15H19N3O. The van der Waals surface area contributed by atoms with Gasteiger partial charge in [-0.1, -0.05) is 30.3 Å². The van der Waals surface area contributed by atoms with Crippen molar-refractivity contribution in [1.29, 1.82) is 0 Å². The number of carbonyl (C=O) groups excluding carboxylic acids is 1. The summed E-state index contributed by atoms with van der Waals surface area (Å²) in [6.45, 7) is 2.56. The third-order valence-corrected chi connectivity index (χ3v) is 3.01. The molecule has 1 aromatic heterocycles. The Morgan fingerprint density at radius 2 is 2.05 bits per heavy atom. The van der Waals surface area contributed by atoms with Gasteiger partial charge in [-0.15, -0.1) is 0 Å². The molecule has 1 amide bonds. The van der Waals surface area contributed by atoms with Gasteiger partial charge in [0.2, 0.25) is 0 Å². The standard InChI is InChI=1S/C15H19N3O/c1-12-11-14(18(2)17-12)15(19)16-10-6-9-13-7-4-3-5-8-13/h3-5,7-8,11H,6,9-10H2,1-2H3,(H,16,19). The Labute approximate surface area is 113 Å². The van der Waals surface area contributed by atoms with Gasteiger partial charge in [0.05, 0.1) is 5.69 Å². The maximum Gasteiger partial charge on any atom is 0.269 e. The summed E-state index contributed by atoms with van der Waals surface area (Å²) in [7, 11) is 1.78. The van der Waals surface area contributed by atoms with E-state index in [1.807, 2.05) is 25.1 Å². The van der Waals surface area contributed by atoms with E-state index in [1.165, 1.54) is 5.56 Å². The van der Waals surface area contributed by atoms with Crippen LogP contribution in [-0.2, 0) is 13.5 Å². The maximum absolute atomic E-state index is 11.9. The number of carbonyl (C=O) groups is 1. The molecule has 0 aliphatic carbocycles. The smallest absolute Gasteiger partial charge is 0.269 e. The lowest BCUT2D eigenvalue weighted by molar-refractivity contribution is 0.0944. The molecule has 0 unspecified atom stereocenters. The average Bonchev–Trinajstić information content (AvgIpc) is 2.75. The van der Waals surface area contributed by atoms with Crippen LogP contribution in [0.25, 0.3) is 0 Å². The van der Waals surface area contributed by atoms with Crippen molar-refractivity contribution in [3.8, 4) is 0 Å². The van der Waals surface area contributed by atoms with Crippen molar-refractivity contribution >= 4 is 5.91 Å². The first-order valence-corrected chi connectivity index (χ1v) is 6.49. The molecule has 2 aromatic rings. The van der Waals surface area contributed by atoms with E-state index in [0.29, 0.717) is 12.2 Å². The molecular weight excluding hydrogens is 238 g/mol. The highest BCUT2D eigenvalue weighted by Gasteiger charge is 2.10. The molecule has 1 N–H and O–H groups in total. The number of hydrogen-bond acceptors (Lipinski definition) is 2. The topological polar surface area (TPSA) is 46.9 Å². The minimum atomic E-state index is -0.0591. The number of aryl methyl sites for hydroxylation is 3. The number of aromatic nitrogens is 2. The van der Waals surface area contributed by atoms with Crippen molar-refractivity contribution in [3.05, 3.63) is 53.3 Å². The molecule has 2 rings (SSSR count). The van der Waals surface area contributed by atoms with Gasteiger partial charge in [-0.2, -0.15) is 5.10 Å². The zero-order valence-electron chi connectivity index (χ0n) is 11.4. The van der Waals surface area contributed by atoms with Crippen LogP contribution in [0.15, 0.2) is 36.4 Å². The molecule has 0 radical (unpaired) electrons. The first kappa shape index (κ1) is 13.3. The number of rotatable bonds is 5. The van der Waals surface area contributed by atoms with Crippen LogP contribution < -0.4 is 5.32 Å². The van der Waals surface area contributed by atoms with Gasteiger partial charge >= 0.3 is 0 Å². The molecule has 0 bridgehead atoms. The highest BCUT2D eigenvalue weighted by Crippen LogP contribution is 2.03. The molecule has 0 atom stereocenters. The largest absolute Gasteiger partial charge is 0.351 e. The summed E-state index contributed by atoms with van der Waals surface area (Å²) in [4.78, 5) is 11.9. The Bertz CT molecular complexity index is 546. The van der Waals surface area contributed by atoms with Gasteiger partial charge in [-0.3, -0.25) is 9.48 Å². The summed E-state index contributed by atoms with van der Waals surface area (Å²) in [5.41, 5.74) is 2.77. The quantitative estimate of drug-likeness (QED) is 0.834. The minimum Gasteiger partial charge on any atom is -0.351 e. The molecule has 100 valence electrons. The summed E-state index contributed by atoms with van der Waals surface area (Å²) < 4.78 is 1.61. The lowest BCUT2D eigenvalue weighted by Crippen LogP contribution is -2.26. The first-order chi connectivity index (χ1) is 9.16. The van der Waals surface area contributed by atoms with Crippen molar-refractivity contribution in [2.24, 2.45) is 7.05 Å². The Morgan fingerprint density at radius 3 is 2.68 bits per heavy atom. The third kappa shape index (κ3) is 3.68. The van der Waals surface area contributed by atoms with Gasteiger partial charge in [-0.25, -0.2) is 0 Å². The maximum atomic E-state index is 11.9. The number of nitrogens with one attached hydrogen (secondary N) is 1. The highest BCUT2D eigenvalue weighted by atomic mass is 16.2. The third-order valence-electron chi connectivity index (χ3n) is 3.01. The zero-order valence-corrected chi connectivity index (χ0v) is 11.4.